The molecule has 1 unspecified atom stereocenters. The van der Waals surface area contributed by atoms with Gasteiger partial charge in [0, 0.05) is 16.1 Å². The lowest BCUT2D eigenvalue weighted by Crippen LogP contribution is -2.28. The molecule has 1 aromatic rings. The third kappa shape index (κ3) is 3.98. The number of rotatable bonds is 5. The monoisotopic (exact) mass is 339 g/mol. The number of hydrogen-bond acceptors (Lipinski definition) is 2. The lowest BCUT2D eigenvalue weighted by Gasteiger charge is -2.29. The van der Waals surface area contributed by atoms with Gasteiger partial charge in [0.05, 0.1) is 7.11 Å². The topological polar surface area (TPSA) is 21.3 Å². The summed E-state index contributed by atoms with van der Waals surface area (Å²) in [5.74, 6) is 1.73. The largest absolute Gasteiger partial charge is 0.496 e. The maximum atomic E-state index is 5.59. The predicted molar refractivity (Wildman–Crippen MR) is 88.3 cm³/mol. The Morgan fingerprint density at radius 1 is 1.25 bits per heavy atom. The first-order chi connectivity index (χ1) is 9.76. The molecule has 2 rings (SSSR count). The summed E-state index contributed by atoms with van der Waals surface area (Å²) in [7, 11) is 1.77. The highest BCUT2D eigenvalue weighted by atomic mass is 79.9. The molecular formula is C17H26BrNO. The van der Waals surface area contributed by atoms with Crippen molar-refractivity contribution >= 4 is 15.9 Å². The normalized spacial score (nSPS) is 18.6. The minimum atomic E-state index is 0.408. The maximum absolute atomic E-state index is 5.59. The number of halogens is 1. The van der Waals surface area contributed by atoms with Crippen LogP contribution in [0.5, 0.6) is 5.75 Å². The van der Waals surface area contributed by atoms with E-state index in [1.54, 1.807) is 7.11 Å². The summed E-state index contributed by atoms with van der Waals surface area (Å²) >= 11 is 3.60. The fraction of sp³-hybridized carbons (Fsp3) is 0.647. The van der Waals surface area contributed by atoms with E-state index in [0.717, 1.165) is 22.7 Å². The molecule has 0 amide bonds. The van der Waals surface area contributed by atoms with E-state index in [9.17, 15) is 0 Å². The van der Waals surface area contributed by atoms with Crippen molar-refractivity contribution in [3.63, 3.8) is 0 Å². The van der Waals surface area contributed by atoms with E-state index in [1.165, 1.54) is 44.1 Å². The molecule has 2 nitrogen and oxygen atoms in total. The second-order valence-electron chi connectivity index (χ2n) is 5.67. The fourth-order valence-corrected chi connectivity index (χ4v) is 3.72. The van der Waals surface area contributed by atoms with Crippen LogP contribution in [0.25, 0.3) is 0 Å². The molecule has 112 valence electrons. The van der Waals surface area contributed by atoms with Crippen molar-refractivity contribution in [2.75, 3.05) is 13.7 Å². The number of methoxy groups -OCH3 is 1. The van der Waals surface area contributed by atoms with Crippen LogP contribution in [0, 0.1) is 5.92 Å². The first-order valence-electron chi connectivity index (χ1n) is 7.83. The van der Waals surface area contributed by atoms with E-state index in [0.29, 0.717) is 6.04 Å². The number of benzene rings is 1. The molecule has 1 aromatic carbocycles. The summed E-state index contributed by atoms with van der Waals surface area (Å²) in [6.07, 6.45) is 8.17. The SMILES string of the molecule is CCNC(c1cc(Br)ccc1OC)C1CCCCCC1. The smallest absolute Gasteiger partial charge is 0.123 e. The van der Waals surface area contributed by atoms with E-state index in [4.69, 9.17) is 4.74 Å². The van der Waals surface area contributed by atoms with Crippen molar-refractivity contribution in [3.05, 3.63) is 28.2 Å². The van der Waals surface area contributed by atoms with Crippen LogP contribution >= 0.6 is 15.9 Å². The third-order valence-electron chi connectivity index (χ3n) is 4.32. The third-order valence-corrected chi connectivity index (χ3v) is 4.82. The molecule has 3 heteroatoms. The van der Waals surface area contributed by atoms with Gasteiger partial charge in [-0.25, -0.2) is 0 Å². The number of ether oxygens (including phenoxy) is 1. The van der Waals surface area contributed by atoms with Gasteiger partial charge in [0.15, 0.2) is 0 Å². The summed E-state index contributed by atoms with van der Waals surface area (Å²) in [6.45, 7) is 3.19. The average molecular weight is 340 g/mol. The van der Waals surface area contributed by atoms with Crippen molar-refractivity contribution in [2.45, 2.75) is 51.5 Å². The molecule has 1 N–H and O–H groups in total. The van der Waals surface area contributed by atoms with E-state index in [2.05, 4.69) is 46.4 Å². The van der Waals surface area contributed by atoms with Gasteiger partial charge in [-0.2, -0.15) is 0 Å². The molecular weight excluding hydrogens is 314 g/mol. The van der Waals surface area contributed by atoms with E-state index in [-0.39, 0.29) is 0 Å². The summed E-state index contributed by atoms with van der Waals surface area (Å²) in [4.78, 5) is 0. The Labute approximate surface area is 131 Å². The Bertz CT molecular complexity index is 413. The van der Waals surface area contributed by atoms with Gasteiger partial charge >= 0.3 is 0 Å². The van der Waals surface area contributed by atoms with Crippen LogP contribution < -0.4 is 10.1 Å². The highest BCUT2D eigenvalue weighted by Gasteiger charge is 2.26. The van der Waals surface area contributed by atoms with E-state index in [1.807, 2.05) is 0 Å². The predicted octanol–water partition coefficient (Wildman–Crippen LogP) is 5.08. The zero-order valence-electron chi connectivity index (χ0n) is 12.6. The van der Waals surface area contributed by atoms with Crippen molar-refractivity contribution in [2.24, 2.45) is 5.92 Å². The lowest BCUT2D eigenvalue weighted by molar-refractivity contribution is 0.316. The summed E-state index contributed by atoms with van der Waals surface area (Å²) in [5, 5.41) is 3.70. The maximum Gasteiger partial charge on any atom is 0.123 e. The number of hydrogen-bond donors (Lipinski definition) is 1. The molecule has 0 aliphatic heterocycles. The molecule has 1 atom stereocenters. The minimum absolute atomic E-state index is 0.408. The van der Waals surface area contributed by atoms with Gasteiger partial charge in [-0.05, 0) is 43.5 Å². The van der Waals surface area contributed by atoms with Crippen LogP contribution in [0.4, 0.5) is 0 Å². The fourth-order valence-electron chi connectivity index (χ4n) is 3.34. The van der Waals surface area contributed by atoms with Gasteiger partial charge in [0.25, 0.3) is 0 Å². The van der Waals surface area contributed by atoms with E-state index >= 15 is 0 Å². The molecule has 0 bridgehead atoms. The van der Waals surface area contributed by atoms with E-state index < -0.39 is 0 Å². The van der Waals surface area contributed by atoms with Crippen LogP contribution in [-0.2, 0) is 0 Å². The minimum Gasteiger partial charge on any atom is -0.496 e. The van der Waals surface area contributed by atoms with Gasteiger partial charge in [0.1, 0.15) is 5.75 Å². The van der Waals surface area contributed by atoms with Gasteiger partial charge < -0.3 is 10.1 Å². The second kappa shape index (κ2) is 8.04. The van der Waals surface area contributed by atoms with Crippen LogP contribution in [0.3, 0.4) is 0 Å². The van der Waals surface area contributed by atoms with Crippen LogP contribution in [0.1, 0.15) is 57.1 Å². The highest BCUT2D eigenvalue weighted by molar-refractivity contribution is 9.10. The Morgan fingerprint density at radius 2 is 1.95 bits per heavy atom. The van der Waals surface area contributed by atoms with Gasteiger partial charge in [-0.3, -0.25) is 0 Å². The van der Waals surface area contributed by atoms with Gasteiger partial charge in [0.2, 0.25) is 0 Å². The summed E-state index contributed by atoms with van der Waals surface area (Å²) in [6, 6.07) is 6.75. The van der Waals surface area contributed by atoms with Gasteiger partial charge in [-0.15, -0.1) is 0 Å². The Balaban J connectivity index is 2.28. The van der Waals surface area contributed by atoms with Crippen LogP contribution in [-0.4, -0.2) is 13.7 Å². The number of nitrogens with one attached hydrogen (secondary N) is 1. The standard InChI is InChI=1S/C17H26BrNO/c1-3-19-17(13-8-6-4-5-7-9-13)15-12-14(18)10-11-16(15)20-2/h10-13,17,19H,3-9H2,1-2H3. The molecule has 0 saturated heterocycles. The molecule has 20 heavy (non-hydrogen) atoms. The molecule has 1 fully saturated rings. The average Bonchev–Trinajstić information content (AvgIpc) is 2.73. The molecule has 1 saturated carbocycles. The van der Waals surface area contributed by atoms with Crippen LogP contribution in [0.15, 0.2) is 22.7 Å². The molecule has 0 spiro atoms. The highest BCUT2D eigenvalue weighted by Crippen LogP contribution is 2.38. The molecule has 0 radical (unpaired) electrons. The molecule has 0 aromatic heterocycles. The van der Waals surface area contributed by atoms with Crippen molar-refractivity contribution < 1.29 is 4.74 Å². The molecule has 1 aliphatic carbocycles. The van der Waals surface area contributed by atoms with Crippen molar-refractivity contribution in [1.82, 2.24) is 5.32 Å². The Morgan fingerprint density at radius 3 is 2.55 bits per heavy atom. The van der Waals surface area contributed by atoms with Crippen molar-refractivity contribution in [3.8, 4) is 5.75 Å². The van der Waals surface area contributed by atoms with Crippen molar-refractivity contribution in [1.29, 1.82) is 0 Å². The van der Waals surface area contributed by atoms with Gasteiger partial charge in [-0.1, -0.05) is 48.5 Å². The summed E-state index contributed by atoms with van der Waals surface area (Å²) in [5.41, 5.74) is 1.30. The van der Waals surface area contributed by atoms with Crippen LogP contribution in [0.2, 0.25) is 0 Å². The zero-order valence-corrected chi connectivity index (χ0v) is 14.2. The zero-order chi connectivity index (χ0) is 14.4. The second-order valence-corrected chi connectivity index (χ2v) is 6.59. The quantitative estimate of drug-likeness (QED) is 0.755. The summed E-state index contributed by atoms with van der Waals surface area (Å²) < 4.78 is 6.72. The Kier molecular flexibility index (Phi) is 6.37. The first-order valence-corrected chi connectivity index (χ1v) is 8.62. The Hall–Kier alpha value is -0.540. The lowest BCUT2D eigenvalue weighted by atomic mass is 9.86. The molecule has 1 aliphatic rings. The first kappa shape index (κ1) is 15.8. The molecule has 0 heterocycles.